The maximum Gasteiger partial charge on any atom is 0.0456 e. The molecule has 0 aliphatic heterocycles. The monoisotopic (exact) mass is 273 g/mol. The van der Waals surface area contributed by atoms with E-state index in [1.54, 1.807) is 0 Å². The highest BCUT2D eigenvalue weighted by atomic mass is 35.5. The molecule has 1 nitrogen and oxygen atoms in total. The first kappa shape index (κ1) is 14.8. The SMILES string of the molecule is CCCNC(CC)C(C)c1ccc(Cl)cc1Cl. The summed E-state index contributed by atoms with van der Waals surface area (Å²) in [4.78, 5) is 0. The second-order valence-corrected chi connectivity index (χ2v) is 5.27. The Morgan fingerprint density at radius 2 is 1.94 bits per heavy atom. The van der Waals surface area contributed by atoms with E-state index >= 15 is 0 Å². The molecule has 0 aliphatic rings. The molecule has 17 heavy (non-hydrogen) atoms. The predicted octanol–water partition coefficient (Wildman–Crippen LogP) is 4.88. The van der Waals surface area contributed by atoms with Crippen molar-refractivity contribution in [2.75, 3.05) is 6.54 Å². The van der Waals surface area contributed by atoms with Crippen LogP contribution >= 0.6 is 23.2 Å². The largest absolute Gasteiger partial charge is 0.313 e. The topological polar surface area (TPSA) is 12.0 Å². The predicted molar refractivity (Wildman–Crippen MR) is 77.2 cm³/mol. The summed E-state index contributed by atoms with van der Waals surface area (Å²) in [5.74, 6) is 0.399. The van der Waals surface area contributed by atoms with E-state index in [9.17, 15) is 0 Å². The van der Waals surface area contributed by atoms with Crippen LogP contribution in [-0.4, -0.2) is 12.6 Å². The lowest BCUT2D eigenvalue weighted by atomic mass is 9.91. The van der Waals surface area contributed by atoms with Gasteiger partial charge in [-0.1, -0.05) is 50.0 Å². The Balaban J connectivity index is 2.81. The van der Waals surface area contributed by atoms with Crippen LogP contribution in [0.2, 0.25) is 10.0 Å². The van der Waals surface area contributed by atoms with E-state index in [1.807, 2.05) is 18.2 Å². The molecule has 0 fully saturated rings. The Morgan fingerprint density at radius 1 is 1.24 bits per heavy atom. The molecule has 1 aromatic rings. The highest BCUT2D eigenvalue weighted by molar-refractivity contribution is 6.35. The molecule has 0 bridgehead atoms. The van der Waals surface area contributed by atoms with Crippen LogP contribution in [-0.2, 0) is 0 Å². The van der Waals surface area contributed by atoms with Crippen molar-refractivity contribution in [2.45, 2.75) is 45.6 Å². The molecule has 2 unspecified atom stereocenters. The van der Waals surface area contributed by atoms with E-state index in [0.29, 0.717) is 17.0 Å². The molecule has 2 atom stereocenters. The van der Waals surface area contributed by atoms with E-state index in [0.717, 1.165) is 24.4 Å². The van der Waals surface area contributed by atoms with E-state index in [-0.39, 0.29) is 0 Å². The van der Waals surface area contributed by atoms with Crippen molar-refractivity contribution in [3.05, 3.63) is 33.8 Å². The molecular weight excluding hydrogens is 253 g/mol. The van der Waals surface area contributed by atoms with E-state index in [4.69, 9.17) is 23.2 Å². The summed E-state index contributed by atoms with van der Waals surface area (Å²) in [6.07, 6.45) is 2.25. The summed E-state index contributed by atoms with van der Waals surface area (Å²) in [7, 11) is 0. The normalized spacial score (nSPS) is 14.6. The zero-order valence-corrected chi connectivity index (χ0v) is 12.3. The van der Waals surface area contributed by atoms with E-state index in [1.165, 1.54) is 5.56 Å². The summed E-state index contributed by atoms with van der Waals surface area (Å²) in [6.45, 7) is 7.65. The molecular formula is C14H21Cl2N. The Bertz CT molecular complexity index is 352. The molecule has 96 valence electrons. The van der Waals surface area contributed by atoms with E-state index in [2.05, 4.69) is 26.1 Å². The summed E-state index contributed by atoms with van der Waals surface area (Å²) in [6, 6.07) is 6.23. The second-order valence-electron chi connectivity index (χ2n) is 4.42. The van der Waals surface area contributed by atoms with Gasteiger partial charge in [-0.2, -0.15) is 0 Å². The van der Waals surface area contributed by atoms with Gasteiger partial charge in [-0.25, -0.2) is 0 Å². The highest BCUT2D eigenvalue weighted by Crippen LogP contribution is 2.30. The molecule has 0 aliphatic carbocycles. The van der Waals surface area contributed by atoms with Gasteiger partial charge < -0.3 is 5.32 Å². The van der Waals surface area contributed by atoms with Crippen LogP contribution in [0.5, 0.6) is 0 Å². The third-order valence-electron chi connectivity index (χ3n) is 3.15. The zero-order valence-electron chi connectivity index (χ0n) is 10.8. The van der Waals surface area contributed by atoms with Crippen LogP contribution in [0.1, 0.15) is 45.1 Å². The first-order valence-electron chi connectivity index (χ1n) is 6.28. The van der Waals surface area contributed by atoms with Gasteiger partial charge >= 0.3 is 0 Å². The van der Waals surface area contributed by atoms with Gasteiger partial charge in [-0.15, -0.1) is 0 Å². The van der Waals surface area contributed by atoms with Gasteiger partial charge in [0.25, 0.3) is 0 Å². The molecule has 3 heteroatoms. The lowest BCUT2D eigenvalue weighted by Gasteiger charge is -2.25. The second kappa shape index (κ2) is 7.25. The van der Waals surface area contributed by atoms with Gasteiger partial charge in [0.2, 0.25) is 0 Å². The minimum absolute atomic E-state index is 0.399. The molecule has 0 aromatic heterocycles. The maximum atomic E-state index is 6.25. The van der Waals surface area contributed by atoms with Gasteiger partial charge in [0.1, 0.15) is 0 Å². The average molecular weight is 274 g/mol. The van der Waals surface area contributed by atoms with Crippen molar-refractivity contribution in [1.82, 2.24) is 5.32 Å². The summed E-state index contributed by atoms with van der Waals surface area (Å²) in [5.41, 5.74) is 1.17. The molecule has 0 radical (unpaired) electrons. The van der Waals surface area contributed by atoms with Crippen molar-refractivity contribution in [1.29, 1.82) is 0 Å². The number of rotatable bonds is 6. The van der Waals surface area contributed by atoms with Crippen molar-refractivity contribution in [2.24, 2.45) is 0 Å². The Morgan fingerprint density at radius 3 is 2.47 bits per heavy atom. The average Bonchev–Trinajstić information content (AvgIpc) is 2.29. The minimum atomic E-state index is 0.399. The Labute approximate surface area is 115 Å². The zero-order chi connectivity index (χ0) is 12.8. The van der Waals surface area contributed by atoms with Crippen LogP contribution in [0, 0.1) is 0 Å². The maximum absolute atomic E-state index is 6.25. The van der Waals surface area contributed by atoms with Crippen LogP contribution in [0.4, 0.5) is 0 Å². The quantitative estimate of drug-likeness (QED) is 0.780. The first-order chi connectivity index (χ1) is 8.10. The summed E-state index contributed by atoms with van der Waals surface area (Å²) in [5, 5.41) is 5.03. The van der Waals surface area contributed by atoms with Crippen molar-refractivity contribution in [3.63, 3.8) is 0 Å². The van der Waals surface area contributed by atoms with Crippen LogP contribution in [0.15, 0.2) is 18.2 Å². The number of hydrogen-bond donors (Lipinski definition) is 1. The van der Waals surface area contributed by atoms with E-state index < -0.39 is 0 Å². The van der Waals surface area contributed by atoms with Gasteiger partial charge in [0, 0.05) is 16.1 Å². The fourth-order valence-electron chi connectivity index (χ4n) is 2.09. The van der Waals surface area contributed by atoms with Crippen LogP contribution in [0.3, 0.4) is 0 Å². The molecule has 1 N–H and O–H groups in total. The lowest BCUT2D eigenvalue weighted by molar-refractivity contribution is 0.438. The molecule has 0 spiro atoms. The van der Waals surface area contributed by atoms with Crippen LogP contribution in [0.25, 0.3) is 0 Å². The fraction of sp³-hybridized carbons (Fsp3) is 0.571. The minimum Gasteiger partial charge on any atom is -0.313 e. The smallest absolute Gasteiger partial charge is 0.0456 e. The van der Waals surface area contributed by atoms with Crippen LogP contribution < -0.4 is 5.32 Å². The van der Waals surface area contributed by atoms with Crippen molar-refractivity contribution >= 4 is 23.2 Å². The van der Waals surface area contributed by atoms with Gasteiger partial charge in [0.05, 0.1) is 0 Å². The third-order valence-corrected chi connectivity index (χ3v) is 3.72. The van der Waals surface area contributed by atoms with Gasteiger partial charge in [-0.3, -0.25) is 0 Å². The summed E-state index contributed by atoms with van der Waals surface area (Å²) >= 11 is 12.2. The summed E-state index contributed by atoms with van der Waals surface area (Å²) < 4.78 is 0. The molecule has 1 aromatic carbocycles. The lowest BCUT2D eigenvalue weighted by Crippen LogP contribution is -2.33. The molecule has 0 amide bonds. The standard InChI is InChI=1S/C14H21Cl2N/c1-4-8-17-14(5-2)10(3)12-7-6-11(15)9-13(12)16/h6-7,9-10,14,17H,4-5,8H2,1-3H3. The van der Waals surface area contributed by atoms with Gasteiger partial charge in [0.15, 0.2) is 0 Å². The molecule has 0 saturated heterocycles. The Hall–Kier alpha value is -0.240. The number of halogens is 2. The molecule has 0 heterocycles. The number of benzene rings is 1. The first-order valence-corrected chi connectivity index (χ1v) is 7.04. The molecule has 1 rings (SSSR count). The number of nitrogens with one attached hydrogen (secondary N) is 1. The highest BCUT2D eigenvalue weighted by Gasteiger charge is 2.18. The number of hydrogen-bond acceptors (Lipinski definition) is 1. The Kier molecular flexibility index (Phi) is 6.32. The van der Waals surface area contributed by atoms with Gasteiger partial charge in [-0.05, 0) is 43.0 Å². The van der Waals surface area contributed by atoms with Crippen molar-refractivity contribution < 1.29 is 0 Å². The van der Waals surface area contributed by atoms with Crippen molar-refractivity contribution in [3.8, 4) is 0 Å². The fourth-order valence-corrected chi connectivity index (χ4v) is 2.67. The third kappa shape index (κ3) is 4.17. The molecule has 0 saturated carbocycles.